The molecule has 5 fully saturated rings. The lowest BCUT2D eigenvalue weighted by molar-refractivity contribution is -0.292. The minimum absolute atomic E-state index is 0.0980. The molecule has 0 aromatic heterocycles. The lowest BCUT2D eigenvalue weighted by atomic mass is 9.44. The summed E-state index contributed by atoms with van der Waals surface area (Å²) < 4.78 is 10.6. The van der Waals surface area contributed by atoms with E-state index in [9.17, 15) is 35.4 Å². The molecule has 5 aliphatic rings. The van der Waals surface area contributed by atoms with E-state index in [1.807, 2.05) is 0 Å². The van der Waals surface area contributed by atoms with Crippen molar-refractivity contribution in [3.8, 4) is 0 Å². The number of esters is 1. The summed E-state index contributed by atoms with van der Waals surface area (Å²) in [5, 5.41) is 61.0. The first-order valence-electron chi connectivity index (χ1n) is 15.3. The largest absolute Gasteiger partial charge is 0.433 e. The van der Waals surface area contributed by atoms with Crippen LogP contribution in [-0.4, -0.2) is 86.1 Å². The highest BCUT2D eigenvalue weighted by Gasteiger charge is 2.62. The van der Waals surface area contributed by atoms with Crippen LogP contribution in [0.4, 0.5) is 0 Å². The first-order valence-corrected chi connectivity index (χ1v) is 15.3. The highest BCUT2D eigenvalue weighted by molar-refractivity contribution is 5.69. The van der Waals surface area contributed by atoms with Crippen molar-refractivity contribution in [1.29, 1.82) is 0 Å². The van der Waals surface area contributed by atoms with Crippen molar-refractivity contribution >= 4 is 5.97 Å². The minimum Gasteiger partial charge on any atom is -0.433 e. The van der Waals surface area contributed by atoms with E-state index in [4.69, 9.17) is 9.47 Å². The van der Waals surface area contributed by atoms with Gasteiger partial charge in [0.05, 0.1) is 18.8 Å². The summed E-state index contributed by atoms with van der Waals surface area (Å²) in [6, 6.07) is 0. The van der Waals surface area contributed by atoms with Gasteiger partial charge in [0.1, 0.15) is 24.4 Å². The average Bonchev–Trinajstić information content (AvgIpc) is 3.26. The summed E-state index contributed by atoms with van der Waals surface area (Å²) in [7, 11) is 0. The molecule has 1 saturated heterocycles. The van der Waals surface area contributed by atoms with Gasteiger partial charge in [0, 0.05) is 6.42 Å². The molecular formula is C30H50O9. The van der Waals surface area contributed by atoms with Gasteiger partial charge in [-0.15, -0.1) is 0 Å². The van der Waals surface area contributed by atoms with Gasteiger partial charge in [-0.3, -0.25) is 4.79 Å². The van der Waals surface area contributed by atoms with E-state index in [0.717, 1.165) is 51.4 Å². The molecule has 9 nitrogen and oxygen atoms in total. The number of aliphatic hydroxyl groups is 6. The van der Waals surface area contributed by atoms with Gasteiger partial charge in [-0.1, -0.05) is 20.8 Å². The Hall–Kier alpha value is -0.810. The maximum atomic E-state index is 12.7. The highest BCUT2D eigenvalue weighted by atomic mass is 16.7. The number of carbonyl (C=O) groups is 1. The Morgan fingerprint density at radius 3 is 2.31 bits per heavy atom. The molecule has 5 rings (SSSR count). The summed E-state index contributed by atoms with van der Waals surface area (Å²) in [6.45, 7) is 6.45. The first-order chi connectivity index (χ1) is 18.4. The molecule has 1 aliphatic heterocycles. The van der Waals surface area contributed by atoms with E-state index in [0.29, 0.717) is 36.0 Å². The number of aliphatic hydroxyl groups excluding tert-OH is 6. The van der Waals surface area contributed by atoms with Crippen LogP contribution in [0, 0.1) is 46.3 Å². The maximum Gasteiger partial charge on any atom is 0.308 e. The van der Waals surface area contributed by atoms with Crippen molar-refractivity contribution in [1.82, 2.24) is 0 Å². The predicted octanol–water partition coefficient (Wildman–Crippen LogP) is 1.74. The van der Waals surface area contributed by atoms with Crippen LogP contribution in [0.2, 0.25) is 0 Å². The van der Waals surface area contributed by atoms with E-state index >= 15 is 0 Å². The van der Waals surface area contributed by atoms with Crippen LogP contribution in [0.15, 0.2) is 0 Å². The summed E-state index contributed by atoms with van der Waals surface area (Å²) in [4.78, 5) is 12.7. The molecule has 0 unspecified atom stereocenters. The lowest BCUT2D eigenvalue weighted by Gasteiger charge is -2.62. The molecule has 39 heavy (non-hydrogen) atoms. The molecule has 9 heteroatoms. The number of fused-ring (bicyclic) bond motifs is 5. The van der Waals surface area contributed by atoms with Gasteiger partial charge >= 0.3 is 5.97 Å². The van der Waals surface area contributed by atoms with Crippen molar-refractivity contribution in [2.75, 3.05) is 6.61 Å². The van der Waals surface area contributed by atoms with Gasteiger partial charge in [-0.2, -0.15) is 0 Å². The molecule has 15 atom stereocenters. The second kappa shape index (κ2) is 11.1. The number of rotatable bonds is 6. The van der Waals surface area contributed by atoms with Gasteiger partial charge in [-0.05, 0) is 104 Å². The van der Waals surface area contributed by atoms with Crippen LogP contribution < -0.4 is 0 Å². The number of carbonyl (C=O) groups excluding carboxylic acids is 1. The zero-order valence-electron chi connectivity index (χ0n) is 23.7. The van der Waals surface area contributed by atoms with Crippen LogP contribution in [0.5, 0.6) is 0 Å². The second-order valence-electron chi connectivity index (χ2n) is 14.2. The number of ether oxygens (including phenoxy) is 2. The quantitative estimate of drug-likeness (QED) is 0.269. The Kier molecular flexibility index (Phi) is 8.46. The summed E-state index contributed by atoms with van der Waals surface area (Å²) in [6.07, 6.45) is 0.937. The topological polar surface area (TPSA) is 157 Å². The van der Waals surface area contributed by atoms with Crippen LogP contribution in [-0.2, 0) is 14.3 Å². The Labute approximate surface area is 231 Å². The molecule has 0 aromatic carbocycles. The fraction of sp³-hybridized carbons (Fsp3) is 0.967. The molecule has 1 heterocycles. The second-order valence-corrected chi connectivity index (χ2v) is 14.2. The Balaban J connectivity index is 1.19. The van der Waals surface area contributed by atoms with Gasteiger partial charge in [0.15, 0.2) is 0 Å². The number of hydrogen-bond donors (Lipinski definition) is 6. The Morgan fingerprint density at radius 2 is 1.59 bits per heavy atom. The van der Waals surface area contributed by atoms with E-state index in [1.165, 1.54) is 0 Å². The Bertz CT molecular complexity index is 882. The Morgan fingerprint density at radius 1 is 0.897 bits per heavy atom. The van der Waals surface area contributed by atoms with Crippen molar-refractivity contribution < 1.29 is 44.9 Å². The molecule has 0 radical (unpaired) electrons. The van der Waals surface area contributed by atoms with Crippen molar-refractivity contribution in [3.63, 3.8) is 0 Å². The van der Waals surface area contributed by atoms with Gasteiger partial charge in [-0.25, -0.2) is 0 Å². The predicted molar refractivity (Wildman–Crippen MR) is 141 cm³/mol. The van der Waals surface area contributed by atoms with E-state index in [2.05, 4.69) is 20.8 Å². The third-order valence-corrected chi connectivity index (χ3v) is 12.3. The molecule has 224 valence electrons. The van der Waals surface area contributed by atoms with Gasteiger partial charge < -0.3 is 40.1 Å². The minimum atomic E-state index is -1.59. The molecule has 4 aliphatic carbocycles. The standard InChI is InChI=1S/C30H50O9/c1-15(4-7-24(34)39-28-27(37)26(36)25(35)23(14-31)38-28)18-5-6-19-17-13-22(33)21-12-16(32)8-10-30(21,3)20(17)9-11-29(18,19)2/h15-23,25-28,31-33,35-37H,4-14H2,1-3H3/t15-,16-,17+,18-,19+,20+,21+,22+,23-,25-,26+,27-,28+,29-,30-/m1/s1. The zero-order valence-corrected chi connectivity index (χ0v) is 23.7. The summed E-state index contributed by atoms with van der Waals surface area (Å²) in [5.74, 6) is 2.08. The molecule has 0 bridgehead atoms. The smallest absolute Gasteiger partial charge is 0.308 e. The van der Waals surface area contributed by atoms with Crippen LogP contribution in [0.3, 0.4) is 0 Å². The lowest BCUT2D eigenvalue weighted by Crippen LogP contribution is -2.59. The summed E-state index contributed by atoms with van der Waals surface area (Å²) >= 11 is 0. The molecule has 0 amide bonds. The fourth-order valence-corrected chi connectivity index (χ4v) is 10.2. The van der Waals surface area contributed by atoms with E-state index < -0.39 is 43.3 Å². The van der Waals surface area contributed by atoms with Gasteiger partial charge in [0.25, 0.3) is 0 Å². The normalized spacial score (nSPS) is 52.3. The third-order valence-electron chi connectivity index (χ3n) is 12.3. The molecule has 0 spiro atoms. The van der Waals surface area contributed by atoms with E-state index in [-0.39, 0.29) is 35.4 Å². The highest BCUT2D eigenvalue weighted by Crippen LogP contribution is 2.68. The molecule has 4 saturated carbocycles. The van der Waals surface area contributed by atoms with E-state index in [1.54, 1.807) is 0 Å². The van der Waals surface area contributed by atoms with Crippen molar-refractivity contribution in [2.24, 2.45) is 46.3 Å². The molecular weight excluding hydrogens is 504 g/mol. The maximum absolute atomic E-state index is 12.7. The molecule has 6 N–H and O–H groups in total. The fourth-order valence-electron chi connectivity index (χ4n) is 10.2. The SMILES string of the molecule is C[C@H](CCC(=O)O[C@@H]1O[C@H](CO)[C@@H](O)[C@H](O)[C@H]1O)[C@H]1CC[C@H]2[C@@H]3C[C@H](O)[C@@H]4C[C@H](O)CC[C@]4(C)[C@H]3CC[C@]12C. The zero-order chi connectivity index (χ0) is 28.3. The summed E-state index contributed by atoms with van der Waals surface area (Å²) in [5.41, 5.74) is 0.264. The van der Waals surface area contributed by atoms with Crippen molar-refractivity contribution in [2.45, 2.75) is 128 Å². The van der Waals surface area contributed by atoms with Gasteiger partial charge in [0.2, 0.25) is 6.29 Å². The monoisotopic (exact) mass is 554 g/mol. The van der Waals surface area contributed by atoms with Crippen LogP contribution >= 0.6 is 0 Å². The van der Waals surface area contributed by atoms with Crippen LogP contribution in [0.1, 0.15) is 85.0 Å². The average molecular weight is 555 g/mol. The third kappa shape index (κ3) is 5.08. The van der Waals surface area contributed by atoms with Crippen molar-refractivity contribution in [3.05, 3.63) is 0 Å². The number of hydrogen-bond acceptors (Lipinski definition) is 9. The first kappa shape index (κ1) is 29.7. The van der Waals surface area contributed by atoms with Crippen LogP contribution in [0.25, 0.3) is 0 Å². The molecule has 0 aromatic rings.